The van der Waals surface area contributed by atoms with Gasteiger partial charge in [-0.1, -0.05) is 19.3 Å². The van der Waals surface area contributed by atoms with E-state index in [-0.39, 0.29) is 12.5 Å². The summed E-state index contributed by atoms with van der Waals surface area (Å²) in [5, 5.41) is 12.8. The molecule has 116 valence electrons. The summed E-state index contributed by atoms with van der Waals surface area (Å²) < 4.78 is 0. The Kier molecular flexibility index (Phi) is 4.93. The SMILES string of the molecule is Cc1ncc(C(=O)NC(C)(CO)C2CCCCC2)c(C)n1. The largest absolute Gasteiger partial charge is 0.394 e. The zero-order valence-electron chi connectivity index (χ0n) is 13.1. The van der Waals surface area contributed by atoms with Crippen LogP contribution in [0.2, 0.25) is 0 Å². The number of carbonyl (C=O) groups excluding carboxylic acids is 1. The molecule has 5 heteroatoms. The highest BCUT2D eigenvalue weighted by molar-refractivity contribution is 5.95. The molecule has 0 saturated heterocycles. The summed E-state index contributed by atoms with van der Waals surface area (Å²) in [5.41, 5.74) is 0.578. The molecule has 0 aromatic carbocycles. The molecule has 1 aliphatic carbocycles. The van der Waals surface area contributed by atoms with Gasteiger partial charge in [-0.05, 0) is 39.5 Å². The smallest absolute Gasteiger partial charge is 0.255 e. The monoisotopic (exact) mass is 291 g/mol. The molecule has 0 spiro atoms. The van der Waals surface area contributed by atoms with E-state index in [0.717, 1.165) is 12.8 Å². The van der Waals surface area contributed by atoms with Crippen LogP contribution in [0, 0.1) is 19.8 Å². The Morgan fingerprint density at radius 3 is 2.62 bits per heavy atom. The maximum Gasteiger partial charge on any atom is 0.255 e. The molecule has 21 heavy (non-hydrogen) atoms. The van der Waals surface area contributed by atoms with Crippen LogP contribution in [0.1, 0.15) is 60.9 Å². The van der Waals surface area contributed by atoms with Crippen LogP contribution in [-0.2, 0) is 0 Å². The van der Waals surface area contributed by atoms with Crippen molar-refractivity contribution in [1.82, 2.24) is 15.3 Å². The molecule has 1 aliphatic rings. The van der Waals surface area contributed by atoms with Crippen molar-refractivity contribution in [2.45, 2.75) is 58.4 Å². The van der Waals surface area contributed by atoms with E-state index in [9.17, 15) is 9.90 Å². The van der Waals surface area contributed by atoms with Crippen molar-refractivity contribution in [3.8, 4) is 0 Å². The fourth-order valence-electron chi connectivity index (χ4n) is 3.14. The van der Waals surface area contributed by atoms with Crippen LogP contribution in [0.3, 0.4) is 0 Å². The first kappa shape index (κ1) is 15.9. The van der Waals surface area contributed by atoms with Crippen molar-refractivity contribution < 1.29 is 9.90 Å². The van der Waals surface area contributed by atoms with E-state index in [1.54, 1.807) is 20.0 Å². The molecule has 1 aromatic heterocycles. The number of nitrogens with zero attached hydrogens (tertiary/aromatic N) is 2. The summed E-state index contributed by atoms with van der Waals surface area (Å²) >= 11 is 0. The number of amides is 1. The van der Waals surface area contributed by atoms with E-state index < -0.39 is 5.54 Å². The van der Waals surface area contributed by atoms with Crippen molar-refractivity contribution in [2.75, 3.05) is 6.61 Å². The van der Waals surface area contributed by atoms with Crippen LogP contribution >= 0.6 is 0 Å². The highest BCUT2D eigenvalue weighted by Gasteiger charge is 2.36. The predicted molar refractivity (Wildman–Crippen MR) is 81.0 cm³/mol. The highest BCUT2D eigenvalue weighted by atomic mass is 16.3. The van der Waals surface area contributed by atoms with Crippen LogP contribution in [0.5, 0.6) is 0 Å². The summed E-state index contributed by atoms with van der Waals surface area (Å²) in [4.78, 5) is 20.8. The van der Waals surface area contributed by atoms with E-state index in [4.69, 9.17) is 0 Å². The molecule has 1 unspecified atom stereocenters. The van der Waals surface area contributed by atoms with Crippen molar-refractivity contribution in [2.24, 2.45) is 5.92 Å². The number of aliphatic hydroxyl groups excluding tert-OH is 1. The fourth-order valence-corrected chi connectivity index (χ4v) is 3.14. The number of carbonyl (C=O) groups is 1. The van der Waals surface area contributed by atoms with Gasteiger partial charge in [-0.25, -0.2) is 9.97 Å². The van der Waals surface area contributed by atoms with Crippen molar-refractivity contribution in [3.63, 3.8) is 0 Å². The number of rotatable bonds is 4. The van der Waals surface area contributed by atoms with Gasteiger partial charge < -0.3 is 10.4 Å². The third-order valence-electron chi connectivity index (χ3n) is 4.58. The molecule has 5 nitrogen and oxygen atoms in total. The van der Waals surface area contributed by atoms with Gasteiger partial charge in [0.15, 0.2) is 0 Å². The quantitative estimate of drug-likeness (QED) is 0.891. The third-order valence-corrected chi connectivity index (χ3v) is 4.58. The first-order valence-electron chi connectivity index (χ1n) is 7.70. The molecule has 1 amide bonds. The third kappa shape index (κ3) is 3.59. The van der Waals surface area contributed by atoms with Gasteiger partial charge in [0.25, 0.3) is 5.91 Å². The average molecular weight is 291 g/mol. The van der Waals surface area contributed by atoms with Gasteiger partial charge in [-0.3, -0.25) is 4.79 Å². The number of aryl methyl sites for hydroxylation is 2. The van der Waals surface area contributed by atoms with E-state index in [1.807, 2.05) is 6.92 Å². The minimum absolute atomic E-state index is 0.0465. The highest BCUT2D eigenvalue weighted by Crippen LogP contribution is 2.32. The first-order valence-corrected chi connectivity index (χ1v) is 7.70. The lowest BCUT2D eigenvalue weighted by Crippen LogP contribution is -2.54. The van der Waals surface area contributed by atoms with E-state index in [2.05, 4.69) is 15.3 Å². The van der Waals surface area contributed by atoms with Crippen LogP contribution in [0.4, 0.5) is 0 Å². The fraction of sp³-hybridized carbons (Fsp3) is 0.688. The lowest BCUT2D eigenvalue weighted by atomic mass is 9.76. The molecule has 1 heterocycles. The van der Waals surface area contributed by atoms with Gasteiger partial charge in [0.1, 0.15) is 5.82 Å². The second-order valence-electron chi connectivity index (χ2n) is 6.28. The van der Waals surface area contributed by atoms with Crippen molar-refractivity contribution in [3.05, 3.63) is 23.3 Å². The van der Waals surface area contributed by atoms with Crippen molar-refractivity contribution in [1.29, 1.82) is 0 Å². The Morgan fingerprint density at radius 2 is 2.05 bits per heavy atom. The molecule has 0 radical (unpaired) electrons. The van der Waals surface area contributed by atoms with Crippen LogP contribution in [0.25, 0.3) is 0 Å². The topological polar surface area (TPSA) is 75.1 Å². The minimum atomic E-state index is -0.575. The van der Waals surface area contributed by atoms with E-state index in [0.29, 0.717) is 23.0 Å². The van der Waals surface area contributed by atoms with Gasteiger partial charge in [-0.15, -0.1) is 0 Å². The second kappa shape index (κ2) is 6.52. The van der Waals surface area contributed by atoms with Gasteiger partial charge in [-0.2, -0.15) is 0 Å². The summed E-state index contributed by atoms with van der Waals surface area (Å²) in [5.74, 6) is 0.780. The number of aliphatic hydroxyl groups is 1. The van der Waals surface area contributed by atoms with Gasteiger partial charge in [0.2, 0.25) is 0 Å². The number of nitrogens with one attached hydrogen (secondary N) is 1. The zero-order valence-corrected chi connectivity index (χ0v) is 13.1. The number of aromatic nitrogens is 2. The van der Waals surface area contributed by atoms with Gasteiger partial charge in [0, 0.05) is 6.20 Å². The Labute approximate surface area is 126 Å². The van der Waals surface area contributed by atoms with Gasteiger partial charge in [0.05, 0.1) is 23.4 Å². The molecule has 0 bridgehead atoms. The Morgan fingerprint density at radius 1 is 1.38 bits per heavy atom. The Hall–Kier alpha value is -1.49. The summed E-state index contributed by atoms with van der Waals surface area (Å²) in [7, 11) is 0. The average Bonchev–Trinajstić information content (AvgIpc) is 2.47. The maximum absolute atomic E-state index is 12.5. The maximum atomic E-state index is 12.5. The number of hydrogen-bond donors (Lipinski definition) is 2. The van der Waals surface area contributed by atoms with Crippen LogP contribution in [0.15, 0.2) is 6.20 Å². The summed E-state index contributed by atoms with van der Waals surface area (Å²) in [6.45, 7) is 5.50. The van der Waals surface area contributed by atoms with E-state index in [1.165, 1.54) is 19.3 Å². The standard InChI is InChI=1S/C16H25N3O2/c1-11-14(9-17-12(2)18-11)15(21)19-16(3,10-20)13-7-5-4-6-8-13/h9,13,20H,4-8,10H2,1-3H3,(H,19,21). The Bertz CT molecular complexity index is 512. The zero-order chi connectivity index (χ0) is 15.5. The lowest BCUT2D eigenvalue weighted by molar-refractivity contribution is 0.0678. The molecule has 1 saturated carbocycles. The molecule has 2 N–H and O–H groups in total. The van der Waals surface area contributed by atoms with Crippen LogP contribution < -0.4 is 5.32 Å². The normalized spacial score (nSPS) is 19.0. The lowest BCUT2D eigenvalue weighted by Gasteiger charge is -2.39. The predicted octanol–water partition coefficient (Wildman–Crippen LogP) is 2.15. The molecule has 1 aromatic rings. The molecular weight excluding hydrogens is 266 g/mol. The van der Waals surface area contributed by atoms with Gasteiger partial charge >= 0.3 is 0 Å². The second-order valence-corrected chi connectivity index (χ2v) is 6.28. The van der Waals surface area contributed by atoms with Crippen molar-refractivity contribution >= 4 is 5.91 Å². The summed E-state index contributed by atoms with van der Waals surface area (Å²) in [6.07, 6.45) is 7.26. The first-order chi connectivity index (χ1) is 9.96. The molecule has 2 rings (SSSR count). The molecule has 0 aliphatic heterocycles. The molecule has 1 fully saturated rings. The molecular formula is C16H25N3O2. The summed E-state index contributed by atoms with van der Waals surface area (Å²) in [6, 6.07) is 0. The van der Waals surface area contributed by atoms with Crippen LogP contribution in [-0.4, -0.2) is 33.1 Å². The number of hydrogen-bond acceptors (Lipinski definition) is 4. The molecule has 1 atom stereocenters. The van der Waals surface area contributed by atoms with E-state index >= 15 is 0 Å². The minimum Gasteiger partial charge on any atom is -0.394 e. The Balaban J connectivity index is 2.15.